The van der Waals surface area contributed by atoms with Crippen LogP contribution in [-0.4, -0.2) is 19.0 Å². The van der Waals surface area contributed by atoms with Crippen LogP contribution in [0.15, 0.2) is 84.9 Å². The molecule has 0 spiro atoms. The summed E-state index contributed by atoms with van der Waals surface area (Å²) >= 11 is 0. The maximum absolute atomic E-state index is 12.6. The Labute approximate surface area is 158 Å². The van der Waals surface area contributed by atoms with E-state index in [0.29, 0.717) is 0 Å². The van der Waals surface area contributed by atoms with Gasteiger partial charge in [0.2, 0.25) is 0 Å². The Morgan fingerprint density at radius 1 is 0.741 bits per heavy atom. The van der Waals surface area contributed by atoms with Crippen LogP contribution < -0.4 is 16.0 Å². The van der Waals surface area contributed by atoms with E-state index in [-0.39, 0.29) is 0 Å². The van der Waals surface area contributed by atoms with Gasteiger partial charge in [0.15, 0.2) is 0 Å². The van der Waals surface area contributed by atoms with Crippen molar-refractivity contribution in [2.45, 2.75) is 6.04 Å². The van der Waals surface area contributed by atoms with Crippen LogP contribution >= 0.6 is 0 Å². The van der Waals surface area contributed by atoms with Crippen molar-refractivity contribution in [3.05, 3.63) is 90.5 Å². The number of carbonyl (C=O) groups is 2. The Morgan fingerprint density at radius 2 is 1.30 bits per heavy atom. The van der Waals surface area contributed by atoms with Gasteiger partial charge in [0.25, 0.3) is 5.91 Å². The molecule has 0 radical (unpaired) electrons. The van der Waals surface area contributed by atoms with Crippen molar-refractivity contribution < 1.29 is 9.59 Å². The third kappa shape index (κ3) is 4.73. The highest BCUT2D eigenvalue weighted by atomic mass is 16.2. The van der Waals surface area contributed by atoms with Gasteiger partial charge < -0.3 is 10.6 Å². The number of hydrogen-bond acceptors (Lipinski definition) is 3. The van der Waals surface area contributed by atoms with Crippen LogP contribution in [0, 0.1) is 0 Å². The van der Waals surface area contributed by atoms with E-state index in [2.05, 4.69) is 16.0 Å². The van der Waals surface area contributed by atoms with Crippen LogP contribution in [0.1, 0.15) is 11.6 Å². The van der Waals surface area contributed by atoms with Crippen LogP contribution in [0.4, 0.5) is 10.5 Å². The molecule has 0 saturated carbocycles. The number of hydrogen-bond donors (Lipinski definition) is 3. The molecule has 0 aromatic heterocycles. The zero-order valence-electron chi connectivity index (χ0n) is 15.0. The Kier molecular flexibility index (Phi) is 5.84. The van der Waals surface area contributed by atoms with Crippen molar-refractivity contribution in [1.82, 2.24) is 10.6 Å². The van der Waals surface area contributed by atoms with E-state index in [1.807, 2.05) is 84.9 Å². The molecule has 136 valence electrons. The highest BCUT2D eigenvalue weighted by molar-refractivity contribution is 5.98. The molecular weight excluding hydrogens is 338 g/mol. The van der Waals surface area contributed by atoms with Crippen molar-refractivity contribution in [3.8, 4) is 11.1 Å². The number of nitrogens with one attached hydrogen (secondary N) is 3. The second-order valence-electron chi connectivity index (χ2n) is 6.00. The number of benzene rings is 3. The fourth-order valence-electron chi connectivity index (χ4n) is 2.75. The molecule has 0 heterocycles. The van der Waals surface area contributed by atoms with Gasteiger partial charge in [-0.15, -0.1) is 0 Å². The summed E-state index contributed by atoms with van der Waals surface area (Å²) in [4.78, 5) is 24.1. The number of anilines is 1. The van der Waals surface area contributed by atoms with E-state index < -0.39 is 18.0 Å². The first-order valence-electron chi connectivity index (χ1n) is 8.67. The molecule has 3 aromatic carbocycles. The third-order valence-corrected chi connectivity index (χ3v) is 4.16. The number of carbonyl (C=O) groups excluding carboxylic acids is 2. The standard InChI is InChI=1S/C22H21N3O2/c1-23-22(27)25-21(26)20(18-10-6-3-7-11-18)24-19-14-12-17(13-15-19)16-8-4-2-5-9-16/h2-15,20,24H,1H3,(H2,23,25,26,27)/t20-/m0/s1. The summed E-state index contributed by atoms with van der Waals surface area (Å²) in [5, 5.41) is 7.94. The van der Waals surface area contributed by atoms with Crippen LogP contribution in [0.25, 0.3) is 11.1 Å². The van der Waals surface area contributed by atoms with Gasteiger partial charge in [0.1, 0.15) is 6.04 Å². The first kappa shape index (κ1) is 18.2. The molecule has 3 N–H and O–H groups in total. The highest BCUT2D eigenvalue weighted by Crippen LogP contribution is 2.24. The second kappa shape index (κ2) is 8.67. The van der Waals surface area contributed by atoms with Gasteiger partial charge in [-0.3, -0.25) is 10.1 Å². The molecule has 0 unspecified atom stereocenters. The van der Waals surface area contributed by atoms with E-state index in [1.54, 1.807) is 0 Å². The van der Waals surface area contributed by atoms with Gasteiger partial charge in [0, 0.05) is 12.7 Å². The first-order valence-corrected chi connectivity index (χ1v) is 8.67. The first-order chi connectivity index (χ1) is 13.2. The second-order valence-corrected chi connectivity index (χ2v) is 6.00. The molecule has 0 bridgehead atoms. The molecular formula is C22H21N3O2. The molecule has 5 nitrogen and oxygen atoms in total. The number of imide groups is 1. The Bertz CT molecular complexity index is 894. The zero-order valence-corrected chi connectivity index (χ0v) is 15.0. The molecule has 0 fully saturated rings. The minimum Gasteiger partial charge on any atom is -0.370 e. The van der Waals surface area contributed by atoms with Crippen molar-refractivity contribution in [2.24, 2.45) is 0 Å². The summed E-state index contributed by atoms with van der Waals surface area (Å²) in [7, 11) is 1.47. The van der Waals surface area contributed by atoms with E-state index >= 15 is 0 Å². The lowest BCUT2D eigenvalue weighted by Crippen LogP contribution is -2.42. The molecule has 3 amide bonds. The Balaban J connectivity index is 1.81. The summed E-state index contributed by atoms with van der Waals surface area (Å²) in [6.45, 7) is 0. The number of amides is 3. The van der Waals surface area contributed by atoms with E-state index in [9.17, 15) is 9.59 Å². The lowest BCUT2D eigenvalue weighted by molar-refractivity contribution is -0.120. The zero-order chi connectivity index (χ0) is 19.1. The van der Waals surface area contributed by atoms with Crippen LogP contribution in [0.5, 0.6) is 0 Å². The van der Waals surface area contributed by atoms with Gasteiger partial charge >= 0.3 is 6.03 Å². The molecule has 1 atom stereocenters. The molecule has 0 aliphatic heterocycles. The fourth-order valence-corrected chi connectivity index (χ4v) is 2.75. The smallest absolute Gasteiger partial charge is 0.321 e. The van der Waals surface area contributed by atoms with Crippen LogP contribution in [-0.2, 0) is 4.79 Å². The molecule has 0 saturated heterocycles. The van der Waals surface area contributed by atoms with Crippen LogP contribution in [0.3, 0.4) is 0 Å². The third-order valence-electron chi connectivity index (χ3n) is 4.16. The number of rotatable bonds is 5. The van der Waals surface area contributed by atoms with Gasteiger partial charge in [-0.25, -0.2) is 4.79 Å². The fraction of sp³-hybridized carbons (Fsp3) is 0.0909. The molecule has 0 aliphatic carbocycles. The van der Waals surface area contributed by atoms with E-state index in [4.69, 9.17) is 0 Å². The maximum Gasteiger partial charge on any atom is 0.321 e. The minimum atomic E-state index is -0.689. The Hall–Kier alpha value is -3.60. The Morgan fingerprint density at radius 3 is 1.89 bits per heavy atom. The average Bonchev–Trinajstić information content (AvgIpc) is 2.73. The quantitative estimate of drug-likeness (QED) is 0.646. The topological polar surface area (TPSA) is 70.2 Å². The average molecular weight is 359 g/mol. The molecule has 3 aromatic rings. The van der Waals surface area contributed by atoms with Gasteiger partial charge in [-0.1, -0.05) is 72.8 Å². The summed E-state index contributed by atoms with van der Waals surface area (Å²) in [6.07, 6.45) is 0. The number of urea groups is 1. The minimum absolute atomic E-state index is 0.423. The van der Waals surface area contributed by atoms with E-state index in [0.717, 1.165) is 22.4 Å². The van der Waals surface area contributed by atoms with Gasteiger partial charge in [-0.05, 0) is 28.8 Å². The maximum atomic E-state index is 12.6. The lowest BCUT2D eigenvalue weighted by Gasteiger charge is -2.19. The SMILES string of the molecule is CNC(=O)NC(=O)[C@@H](Nc1ccc(-c2ccccc2)cc1)c1ccccc1. The van der Waals surface area contributed by atoms with Crippen molar-refractivity contribution in [3.63, 3.8) is 0 Å². The normalized spacial score (nSPS) is 11.3. The summed E-state index contributed by atoms with van der Waals surface area (Å²) in [6, 6.07) is 26.0. The van der Waals surface area contributed by atoms with Crippen molar-refractivity contribution in [1.29, 1.82) is 0 Å². The monoisotopic (exact) mass is 359 g/mol. The predicted molar refractivity (Wildman–Crippen MR) is 107 cm³/mol. The largest absolute Gasteiger partial charge is 0.370 e. The predicted octanol–water partition coefficient (Wildman–Crippen LogP) is 3.96. The van der Waals surface area contributed by atoms with Gasteiger partial charge in [-0.2, -0.15) is 0 Å². The molecule has 3 rings (SSSR count). The summed E-state index contributed by atoms with van der Waals surface area (Å²) in [5.74, 6) is -0.423. The summed E-state index contributed by atoms with van der Waals surface area (Å²) in [5.41, 5.74) is 3.77. The van der Waals surface area contributed by atoms with E-state index in [1.165, 1.54) is 7.05 Å². The summed E-state index contributed by atoms with van der Waals surface area (Å²) < 4.78 is 0. The molecule has 0 aliphatic rings. The van der Waals surface area contributed by atoms with Crippen molar-refractivity contribution in [2.75, 3.05) is 12.4 Å². The highest BCUT2D eigenvalue weighted by Gasteiger charge is 2.22. The van der Waals surface area contributed by atoms with Crippen LogP contribution in [0.2, 0.25) is 0 Å². The van der Waals surface area contributed by atoms with Crippen molar-refractivity contribution >= 4 is 17.6 Å². The molecule has 5 heteroatoms. The lowest BCUT2D eigenvalue weighted by atomic mass is 10.0. The van der Waals surface area contributed by atoms with Gasteiger partial charge in [0.05, 0.1) is 0 Å². The molecule has 27 heavy (non-hydrogen) atoms.